The van der Waals surface area contributed by atoms with Crippen molar-refractivity contribution < 1.29 is 19.0 Å². The SMILES string of the molecule is CCCN(CCCl)P(=O)(OCCSCC(=O)O)N(CCCl)CCCl. The van der Waals surface area contributed by atoms with Crippen LogP contribution in [-0.2, 0) is 13.9 Å². The molecule has 0 aliphatic rings. The largest absolute Gasteiger partial charge is 0.481 e. The molecule has 144 valence electrons. The van der Waals surface area contributed by atoms with Crippen LogP contribution in [-0.4, -0.2) is 82.3 Å². The van der Waals surface area contributed by atoms with Gasteiger partial charge in [0.05, 0.1) is 12.4 Å². The highest BCUT2D eigenvalue weighted by Gasteiger charge is 2.37. The van der Waals surface area contributed by atoms with Crippen LogP contribution >= 0.6 is 54.2 Å². The van der Waals surface area contributed by atoms with E-state index >= 15 is 0 Å². The monoisotopic (exact) mass is 442 g/mol. The van der Waals surface area contributed by atoms with Gasteiger partial charge in [-0.15, -0.1) is 46.6 Å². The first-order valence-corrected chi connectivity index (χ1v) is 12.0. The van der Waals surface area contributed by atoms with E-state index < -0.39 is 13.6 Å². The standard InChI is InChI=1S/C13H26Cl3N2O4PS/c1-2-6-17(7-3-14)23(21,18(8-4-15)9-5-16)22-10-11-24-12-13(19)20/h2-12H2,1H3,(H,19,20). The van der Waals surface area contributed by atoms with E-state index in [1.807, 2.05) is 6.92 Å². The number of hydrogen-bond acceptors (Lipinski definition) is 4. The first-order chi connectivity index (χ1) is 11.5. The maximum atomic E-state index is 13.6. The first kappa shape index (κ1) is 24.8. The van der Waals surface area contributed by atoms with Crippen LogP contribution in [0.1, 0.15) is 13.3 Å². The predicted molar refractivity (Wildman–Crippen MR) is 104 cm³/mol. The Kier molecular flexibility index (Phi) is 15.4. The van der Waals surface area contributed by atoms with Crippen molar-refractivity contribution in [2.24, 2.45) is 0 Å². The van der Waals surface area contributed by atoms with Crippen LogP contribution in [0.5, 0.6) is 0 Å². The Balaban J connectivity index is 5.07. The molecule has 0 bridgehead atoms. The molecule has 0 saturated carbocycles. The highest BCUT2D eigenvalue weighted by Crippen LogP contribution is 2.54. The number of alkyl halides is 3. The molecule has 1 unspecified atom stereocenters. The summed E-state index contributed by atoms with van der Waals surface area (Å²) in [7, 11) is -3.32. The van der Waals surface area contributed by atoms with Gasteiger partial charge in [-0.1, -0.05) is 6.92 Å². The predicted octanol–water partition coefficient (Wildman–Crippen LogP) is 3.66. The molecule has 0 rings (SSSR count). The Hall–Kier alpha value is 0.800. The fourth-order valence-electron chi connectivity index (χ4n) is 2.00. The van der Waals surface area contributed by atoms with Crippen molar-refractivity contribution in [2.75, 3.05) is 61.9 Å². The lowest BCUT2D eigenvalue weighted by Gasteiger charge is -2.37. The molecule has 1 N–H and O–H groups in total. The van der Waals surface area contributed by atoms with Gasteiger partial charge in [-0.3, -0.25) is 9.36 Å². The number of thioether (sulfide) groups is 1. The number of nitrogens with zero attached hydrogens (tertiary/aromatic N) is 2. The number of carboxylic acid groups (broad SMARTS) is 1. The average molecular weight is 444 g/mol. The Morgan fingerprint density at radius 1 is 1.08 bits per heavy atom. The third-order valence-corrected chi connectivity index (χ3v) is 7.10. The lowest BCUT2D eigenvalue weighted by Crippen LogP contribution is -2.37. The summed E-state index contributed by atoms with van der Waals surface area (Å²) in [5.41, 5.74) is 0. The lowest BCUT2D eigenvalue weighted by molar-refractivity contribution is -0.133. The normalized spacial score (nSPS) is 14.2. The average Bonchev–Trinajstić information content (AvgIpc) is 2.53. The van der Waals surface area contributed by atoms with Crippen molar-refractivity contribution in [1.29, 1.82) is 0 Å². The van der Waals surface area contributed by atoms with Crippen LogP contribution in [0.15, 0.2) is 0 Å². The zero-order valence-electron chi connectivity index (χ0n) is 13.8. The first-order valence-electron chi connectivity index (χ1n) is 7.69. The molecule has 0 aromatic carbocycles. The molecular weight excluding hydrogens is 418 g/mol. The van der Waals surface area contributed by atoms with Gasteiger partial charge in [-0.05, 0) is 6.42 Å². The van der Waals surface area contributed by atoms with Gasteiger partial charge in [0.15, 0.2) is 0 Å². The molecule has 0 saturated heterocycles. The minimum Gasteiger partial charge on any atom is -0.481 e. The van der Waals surface area contributed by atoms with E-state index in [1.165, 1.54) is 11.8 Å². The summed E-state index contributed by atoms with van der Waals surface area (Å²) in [6, 6.07) is 0. The molecule has 11 heteroatoms. The molecule has 1 atom stereocenters. The molecule has 0 radical (unpaired) electrons. The van der Waals surface area contributed by atoms with Gasteiger partial charge in [0.2, 0.25) is 0 Å². The van der Waals surface area contributed by atoms with Gasteiger partial charge in [-0.25, -0.2) is 9.34 Å². The van der Waals surface area contributed by atoms with Gasteiger partial charge in [0.25, 0.3) is 0 Å². The summed E-state index contributed by atoms with van der Waals surface area (Å²) in [6.07, 6.45) is 0.799. The molecule has 0 aromatic rings. The molecule has 0 aromatic heterocycles. The summed E-state index contributed by atoms with van der Waals surface area (Å²) in [5.74, 6) is 0.478. The van der Waals surface area contributed by atoms with Gasteiger partial charge in [0.1, 0.15) is 0 Å². The molecule has 24 heavy (non-hydrogen) atoms. The molecule has 0 aliphatic heterocycles. The van der Waals surface area contributed by atoms with E-state index in [2.05, 4.69) is 0 Å². The summed E-state index contributed by atoms with van der Waals surface area (Å²) >= 11 is 18.8. The molecule has 0 heterocycles. The molecule has 0 aliphatic carbocycles. The zero-order valence-corrected chi connectivity index (χ0v) is 17.8. The van der Waals surface area contributed by atoms with Crippen LogP contribution in [0.3, 0.4) is 0 Å². The Labute approximate surface area is 163 Å². The van der Waals surface area contributed by atoms with Crippen molar-refractivity contribution in [3.63, 3.8) is 0 Å². The number of hydrogen-bond donors (Lipinski definition) is 1. The minimum atomic E-state index is -3.32. The van der Waals surface area contributed by atoms with Crippen molar-refractivity contribution in [2.45, 2.75) is 13.3 Å². The Morgan fingerprint density at radius 3 is 2.00 bits per heavy atom. The third kappa shape index (κ3) is 9.48. The maximum absolute atomic E-state index is 13.6. The second-order valence-electron chi connectivity index (χ2n) is 4.74. The number of halogens is 3. The molecular formula is C13H26Cl3N2O4PS. The van der Waals surface area contributed by atoms with Crippen molar-refractivity contribution in [3.05, 3.63) is 0 Å². The summed E-state index contributed by atoms with van der Waals surface area (Å²) in [4.78, 5) is 10.5. The number of carboxylic acids is 1. The van der Waals surface area contributed by atoms with E-state index in [9.17, 15) is 9.36 Å². The highest BCUT2D eigenvalue weighted by molar-refractivity contribution is 7.99. The zero-order chi connectivity index (χ0) is 18.4. The molecule has 0 spiro atoms. The van der Waals surface area contributed by atoms with Crippen LogP contribution < -0.4 is 0 Å². The quantitative estimate of drug-likeness (QED) is 0.222. The fraction of sp³-hybridized carbons (Fsp3) is 0.923. The fourth-order valence-corrected chi connectivity index (χ4v) is 6.13. The summed E-state index contributed by atoms with van der Waals surface area (Å²) < 4.78 is 22.8. The van der Waals surface area contributed by atoms with Crippen LogP contribution in [0.2, 0.25) is 0 Å². The van der Waals surface area contributed by atoms with Crippen molar-refractivity contribution in [3.8, 4) is 0 Å². The maximum Gasteiger partial charge on any atom is 0.346 e. The van der Waals surface area contributed by atoms with Crippen molar-refractivity contribution in [1.82, 2.24) is 9.34 Å². The molecule has 6 nitrogen and oxygen atoms in total. The van der Waals surface area contributed by atoms with Crippen LogP contribution in [0.4, 0.5) is 0 Å². The van der Waals surface area contributed by atoms with Crippen molar-refractivity contribution >= 4 is 60.2 Å². The number of carbonyl (C=O) groups is 1. The van der Waals surface area contributed by atoms with Gasteiger partial charge < -0.3 is 9.63 Å². The molecule has 0 fully saturated rings. The van der Waals surface area contributed by atoms with Gasteiger partial charge >= 0.3 is 13.6 Å². The smallest absolute Gasteiger partial charge is 0.346 e. The van der Waals surface area contributed by atoms with Gasteiger partial charge in [-0.2, -0.15) is 0 Å². The summed E-state index contributed by atoms with van der Waals surface area (Å²) in [5, 5.41) is 8.65. The van der Waals surface area contributed by atoms with Crippen LogP contribution in [0.25, 0.3) is 0 Å². The van der Waals surface area contributed by atoms with Gasteiger partial charge in [0, 0.05) is 49.6 Å². The molecule has 0 amide bonds. The number of aliphatic carboxylic acids is 1. The lowest BCUT2D eigenvalue weighted by atomic mass is 10.5. The topological polar surface area (TPSA) is 70.1 Å². The number of rotatable bonds is 16. The minimum absolute atomic E-state index is 0.0128. The second-order valence-corrected chi connectivity index (χ2v) is 9.35. The van der Waals surface area contributed by atoms with E-state index in [4.69, 9.17) is 44.4 Å². The summed E-state index contributed by atoms with van der Waals surface area (Å²) in [6.45, 7) is 3.94. The van der Waals surface area contributed by atoms with E-state index in [1.54, 1.807) is 9.34 Å². The Bertz CT molecular complexity index is 364. The Morgan fingerprint density at radius 2 is 1.58 bits per heavy atom. The highest BCUT2D eigenvalue weighted by atomic mass is 35.5. The van der Waals surface area contributed by atoms with E-state index in [-0.39, 0.29) is 12.4 Å². The second kappa shape index (κ2) is 14.9. The van der Waals surface area contributed by atoms with E-state index in [0.29, 0.717) is 49.6 Å². The third-order valence-electron chi connectivity index (χ3n) is 2.94. The van der Waals surface area contributed by atoms with Crippen LogP contribution in [0, 0.1) is 0 Å². The van der Waals surface area contributed by atoms with E-state index in [0.717, 1.165) is 6.42 Å².